The van der Waals surface area contributed by atoms with Crippen molar-refractivity contribution >= 4 is 0 Å². The summed E-state index contributed by atoms with van der Waals surface area (Å²) in [6, 6.07) is 2.40. The maximum Gasteiger partial charge on any atom is 0.0252 e. The van der Waals surface area contributed by atoms with Gasteiger partial charge in [0, 0.05) is 18.1 Å². The summed E-state index contributed by atoms with van der Waals surface area (Å²) in [4.78, 5) is 2.79. The van der Waals surface area contributed by atoms with E-state index in [2.05, 4.69) is 24.1 Å². The van der Waals surface area contributed by atoms with Crippen LogP contribution in [0.15, 0.2) is 0 Å². The van der Waals surface area contributed by atoms with E-state index in [4.69, 9.17) is 0 Å². The third-order valence-electron chi connectivity index (χ3n) is 4.48. The summed E-state index contributed by atoms with van der Waals surface area (Å²) in [5, 5.41) is 3.73. The van der Waals surface area contributed by atoms with Gasteiger partial charge in [0.15, 0.2) is 0 Å². The minimum Gasteiger partial charge on any atom is -0.313 e. The molecule has 1 saturated heterocycles. The van der Waals surface area contributed by atoms with Gasteiger partial charge in [-0.15, -0.1) is 0 Å². The number of hydrogen-bond acceptors (Lipinski definition) is 2. The Balaban J connectivity index is 2.01. The standard InChI is InChI=1S/C14H28N2/c1-3-15-13-9-5-4-6-10-14(13)16-11-7-8-12(16)2/h12-15H,3-11H2,1-2H3. The zero-order chi connectivity index (χ0) is 11.4. The zero-order valence-electron chi connectivity index (χ0n) is 11.0. The molecule has 0 bridgehead atoms. The monoisotopic (exact) mass is 224 g/mol. The van der Waals surface area contributed by atoms with Crippen LogP contribution in [-0.2, 0) is 0 Å². The van der Waals surface area contributed by atoms with E-state index in [1.54, 1.807) is 0 Å². The van der Waals surface area contributed by atoms with Gasteiger partial charge in [-0.1, -0.05) is 26.2 Å². The lowest BCUT2D eigenvalue weighted by Gasteiger charge is -2.36. The third kappa shape index (κ3) is 2.78. The van der Waals surface area contributed by atoms with Crippen LogP contribution in [0, 0.1) is 0 Å². The van der Waals surface area contributed by atoms with E-state index in [-0.39, 0.29) is 0 Å². The smallest absolute Gasteiger partial charge is 0.0252 e. The van der Waals surface area contributed by atoms with Crippen LogP contribution in [0.4, 0.5) is 0 Å². The molecule has 2 heteroatoms. The number of rotatable bonds is 3. The predicted molar refractivity (Wildman–Crippen MR) is 69.7 cm³/mol. The molecule has 1 aliphatic heterocycles. The molecule has 1 aliphatic carbocycles. The first-order valence-electron chi connectivity index (χ1n) is 7.32. The molecule has 0 aromatic rings. The lowest BCUT2D eigenvalue weighted by atomic mass is 10.0. The molecular weight excluding hydrogens is 196 g/mol. The van der Waals surface area contributed by atoms with Crippen LogP contribution in [0.2, 0.25) is 0 Å². The average Bonchev–Trinajstić information content (AvgIpc) is 2.56. The van der Waals surface area contributed by atoms with Crippen molar-refractivity contribution in [3.05, 3.63) is 0 Å². The van der Waals surface area contributed by atoms with Crippen LogP contribution in [0.25, 0.3) is 0 Å². The first-order valence-corrected chi connectivity index (χ1v) is 7.32. The van der Waals surface area contributed by atoms with E-state index >= 15 is 0 Å². The van der Waals surface area contributed by atoms with Crippen LogP contribution < -0.4 is 5.32 Å². The molecule has 3 unspecified atom stereocenters. The topological polar surface area (TPSA) is 15.3 Å². The van der Waals surface area contributed by atoms with E-state index in [1.807, 2.05) is 0 Å². The van der Waals surface area contributed by atoms with Crippen molar-refractivity contribution in [1.29, 1.82) is 0 Å². The number of nitrogens with one attached hydrogen (secondary N) is 1. The van der Waals surface area contributed by atoms with Crippen LogP contribution in [-0.4, -0.2) is 36.1 Å². The fraction of sp³-hybridized carbons (Fsp3) is 1.00. The largest absolute Gasteiger partial charge is 0.313 e. The normalized spacial score (nSPS) is 37.5. The Bertz CT molecular complexity index is 205. The SMILES string of the molecule is CCNC1CCCCCC1N1CCCC1C. The predicted octanol–water partition coefficient (Wildman–Crippen LogP) is 2.78. The Labute approximate surface area is 101 Å². The van der Waals surface area contributed by atoms with Crippen LogP contribution in [0.5, 0.6) is 0 Å². The van der Waals surface area contributed by atoms with Gasteiger partial charge in [0.05, 0.1) is 0 Å². The fourth-order valence-corrected chi connectivity index (χ4v) is 3.63. The van der Waals surface area contributed by atoms with E-state index in [1.165, 1.54) is 51.5 Å². The summed E-state index contributed by atoms with van der Waals surface area (Å²) in [5.74, 6) is 0. The summed E-state index contributed by atoms with van der Waals surface area (Å²) in [5.41, 5.74) is 0. The number of hydrogen-bond donors (Lipinski definition) is 1. The second-order valence-electron chi connectivity index (χ2n) is 5.60. The summed E-state index contributed by atoms with van der Waals surface area (Å²) in [6.07, 6.45) is 9.95. The molecule has 0 spiro atoms. The van der Waals surface area contributed by atoms with Crippen molar-refractivity contribution in [3.8, 4) is 0 Å². The number of likely N-dealkylation sites (N-methyl/N-ethyl adjacent to an activating group) is 1. The third-order valence-corrected chi connectivity index (χ3v) is 4.48. The van der Waals surface area contributed by atoms with Gasteiger partial charge < -0.3 is 5.32 Å². The molecule has 3 atom stereocenters. The van der Waals surface area contributed by atoms with Gasteiger partial charge in [0.25, 0.3) is 0 Å². The van der Waals surface area contributed by atoms with Crippen molar-refractivity contribution in [2.75, 3.05) is 13.1 Å². The molecule has 2 rings (SSSR count). The maximum absolute atomic E-state index is 3.73. The summed E-state index contributed by atoms with van der Waals surface area (Å²) in [6.45, 7) is 7.13. The average molecular weight is 224 g/mol. The van der Waals surface area contributed by atoms with Crippen molar-refractivity contribution in [1.82, 2.24) is 10.2 Å². The highest BCUT2D eigenvalue weighted by atomic mass is 15.2. The van der Waals surface area contributed by atoms with Gasteiger partial charge in [0.2, 0.25) is 0 Å². The molecule has 0 amide bonds. The Morgan fingerprint density at radius 2 is 1.88 bits per heavy atom. The molecule has 1 saturated carbocycles. The van der Waals surface area contributed by atoms with E-state index in [9.17, 15) is 0 Å². The van der Waals surface area contributed by atoms with Crippen LogP contribution in [0.1, 0.15) is 58.8 Å². The van der Waals surface area contributed by atoms with Crippen LogP contribution >= 0.6 is 0 Å². The number of likely N-dealkylation sites (tertiary alicyclic amines) is 1. The minimum atomic E-state index is 0.757. The second-order valence-corrected chi connectivity index (χ2v) is 5.60. The van der Waals surface area contributed by atoms with Crippen molar-refractivity contribution in [2.24, 2.45) is 0 Å². The Hall–Kier alpha value is -0.0800. The summed E-state index contributed by atoms with van der Waals surface area (Å²) >= 11 is 0. The fourth-order valence-electron chi connectivity index (χ4n) is 3.63. The van der Waals surface area contributed by atoms with E-state index in [0.29, 0.717) is 0 Å². The first kappa shape index (κ1) is 12.4. The van der Waals surface area contributed by atoms with Gasteiger partial charge in [-0.25, -0.2) is 0 Å². The molecular formula is C14H28N2. The van der Waals surface area contributed by atoms with Crippen molar-refractivity contribution in [2.45, 2.75) is 76.9 Å². The van der Waals surface area contributed by atoms with Crippen molar-refractivity contribution in [3.63, 3.8) is 0 Å². The minimum absolute atomic E-state index is 0.757. The van der Waals surface area contributed by atoms with E-state index in [0.717, 1.165) is 24.7 Å². The molecule has 0 aromatic carbocycles. The van der Waals surface area contributed by atoms with Gasteiger partial charge in [-0.3, -0.25) is 4.90 Å². The molecule has 94 valence electrons. The van der Waals surface area contributed by atoms with Crippen molar-refractivity contribution < 1.29 is 0 Å². The molecule has 16 heavy (non-hydrogen) atoms. The highest BCUT2D eigenvalue weighted by molar-refractivity contribution is 4.91. The highest BCUT2D eigenvalue weighted by Gasteiger charge is 2.33. The first-order chi connectivity index (χ1) is 7.83. The zero-order valence-corrected chi connectivity index (χ0v) is 11.0. The molecule has 0 aromatic heterocycles. The lowest BCUT2D eigenvalue weighted by molar-refractivity contribution is 0.143. The summed E-state index contributed by atoms with van der Waals surface area (Å²) < 4.78 is 0. The van der Waals surface area contributed by atoms with Gasteiger partial charge in [-0.05, 0) is 45.7 Å². The maximum atomic E-state index is 3.73. The molecule has 0 radical (unpaired) electrons. The molecule has 1 N–H and O–H groups in total. The lowest BCUT2D eigenvalue weighted by Crippen LogP contribution is -2.50. The molecule has 2 nitrogen and oxygen atoms in total. The molecule has 2 fully saturated rings. The van der Waals surface area contributed by atoms with Gasteiger partial charge >= 0.3 is 0 Å². The highest BCUT2D eigenvalue weighted by Crippen LogP contribution is 2.28. The van der Waals surface area contributed by atoms with E-state index < -0.39 is 0 Å². The van der Waals surface area contributed by atoms with Crippen LogP contribution in [0.3, 0.4) is 0 Å². The molecule has 2 aliphatic rings. The van der Waals surface area contributed by atoms with Gasteiger partial charge in [0.1, 0.15) is 0 Å². The second kappa shape index (κ2) is 6.02. The Morgan fingerprint density at radius 1 is 1.06 bits per heavy atom. The Kier molecular flexibility index (Phi) is 4.66. The molecule has 1 heterocycles. The number of nitrogens with zero attached hydrogens (tertiary/aromatic N) is 1. The Morgan fingerprint density at radius 3 is 2.56 bits per heavy atom. The van der Waals surface area contributed by atoms with Gasteiger partial charge in [-0.2, -0.15) is 0 Å². The summed E-state index contributed by atoms with van der Waals surface area (Å²) in [7, 11) is 0. The quantitative estimate of drug-likeness (QED) is 0.742.